The Morgan fingerprint density at radius 1 is 1.22 bits per heavy atom. The number of hydrogen-bond donors (Lipinski definition) is 1. The Morgan fingerprint density at radius 2 is 1.94 bits per heavy atom. The number of benzene rings is 1. The zero-order chi connectivity index (χ0) is 13.0. The van der Waals surface area contributed by atoms with Gasteiger partial charge in [-0.3, -0.25) is 4.90 Å². The summed E-state index contributed by atoms with van der Waals surface area (Å²) in [7, 11) is 0. The van der Waals surface area contributed by atoms with Crippen molar-refractivity contribution >= 4 is 11.0 Å². The van der Waals surface area contributed by atoms with Gasteiger partial charge in [0, 0.05) is 13.1 Å². The smallest absolute Gasteiger partial charge is 0.124 e. The Labute approximate surface area is 108 Å². The number of rotatable bonds is 6. The molecule has 2 N–H and O–H groups in total. The standard InChI is InChI=1S/C14H22N4/c1-3-17(4-2)11-14-16-12-7-5-6-8-13(12)18(14)10-9-15/h5-8H,3-4,9-11,15H2,1-2H3. The van der Waals surface area contributed by atoms with Crippen molar-refractivity contribution in [3.8, 4) is 0 Å². The van der Waals surface area contributed by atoms with Crippen molar-refractivity contribution in [1.82, 2.24) is 14.5 Å². The SMILES string of the molecule is CCN(CC)Cc1nc2ccccc2n1CCN. The first-order valence-corrected chi connectivity index (χ1v) is 6.66. The summed E-state index contributed by atoms with van der Waals surface area (Å²) in [5.41, 5.74) is 7.96. The Hall–Kier alpha value is -1.39. The van der Waals surface area contributed by atoms with Gasteiger partial charge in [0.2, 0.25) is 0 Å². The van der Waals surface area contributed by atoms with Crippen molar-refractivity contribution in [1.29, 1.82) is 0 Å². The lowest BCUT2D eigenvalue weighted by Crippen LogP contribution is -2.25. The molecule has 4 nitrogen and oxygen atoms in total. The van der Waals surface area contributed by atoms with E-state index in [4.69, 9.17) is 10.7 Å². The van der Waals surface area contributed by atoms with Gasteiger partial charge < -0.3 is 10.3 Å². The number of nitrogens with zero attached hydrogens (tertiary/aromatic N) is 3. The maximum atomic E-state index is 5.71. The monoisotopic (exact) mass is 246 g/mol. The Bertz CT molecular complexity index is 499. The van der Waals surface area contributed by atoms with Gasteiger partial charge in [0.05, 0.1) is 17.6 Å². The minimum atomic E-state index is 0.644. The van der Waals surface area contributed by atoms with Crippen LogP contribution in [0.1, 0.15) is 19.7 Å². The molecule has 1 heterocycles. The van der Waals surface area contributed by atoms with Crippen LogP contribution in [0.2, 0.25) is 0 Å². The fraction of sp³-hybridized carbons (Fsp3) is 0.500. The van der Waals surface area contributed by atoms with Gasteiger partial charge in [-0.15, -0.1) is 0 Å². The molecule has 0 unspecified atom stereocenters. The number of imidazole rings is 1. The van der Waals surface area contributed by atoms with Crippen LogP contribution in [0.3, 0.4) is 0 Å². The number of aromatic nitrogens is 2. The van der Waals surface area contributed by atoms with E-state index in [1.54, 1.807) is 0 Å². The Kier molecular flexibility index (Phi) is 4.33. The zero-order valence-corrected chi connectivity index (χ0v) is 11.3. The summed E-state index contributed by atoms with van der Waals surface area (Å²) in [5.74, 6) is 1.12. The van der Waals surface area contributed by atoms with E-state index in [0.717, 1.165) is 37.5 Å². The van der Waals surface area contributed by atoms with Crippen LogP contribution in [0.5, 0.6) is 0 Å². The normalized spacial score (nSPS) is 11.6. The average molecular weight is 246 g/mol. The molecular formula is C14H22N4. The number of fused-ring (bicyclic) bond motifs is 1. The van der Waals surface area contributed by atoms with Gasteiger partial charge in [-0.1, -0.05) is 26.0 Å². The van der Waals surface area contributed by atoms with Crippen molar-refractivity contribution in [3.05, 3.63) is 30.1 Å². The molecule has 2 aromatic rings. The fourth-order valence-corrected chi connectivity index (χ4v) is 2.27. The predicted octanol–water partition coefficient (Wildman–Crippen LogP) is 1.84. The minimum Gasteiger partial charge on any atom is -0.329 e. The highest BCUT2D eigenvalue weighted by Crippen LogP contribution is 2.16. The molecule has 0 atom stereocenters. The second-order valence-electron chi connectivity index (χ2n) is 4.42. The molecule has 4 heteroatoms. The molecule has 2 rings (SSSR count). The largest absolute Gasteiger partial charge is 0.329 e. The molecule has 0 fully saturated rings. The van der Waals surface area contributed by atoms with Crippen LogP contribution in [0.15, 0.2) is 24.3 Å². The Morgan fingerprint density at radius 3 is 2.61 bits per heavy atom. The minimum absolute atomic E-state index is 0.644. The van der Waals surface area contributed by atoms with Crippen molar-refractivity contribution in [3.63, 3.8) is 0 Å². The second-order valence-corrected chi connectivity index (χ2v) is 4.42. The summed E-state index contributed by atoms with van der Waals surface area (Å²) < 4.78 is 2.24. The van der Waals surface area contributed by atoms with Crippen LogP contribution < -0.4 is 5.73 Å². The van der Waals surface area contributed by atoms with E-state index in [2.05, 4.69) is 41.5 Å². The lowest BCUT2D eigenvalue weighted by atomic mass is 10.3. The first kappa shape index (κ1) is 13.1. The van der Waals surface area contributed by atoms with E-state index >= 15 is 0 Å². The molecular weight excluding hydrogens is 224 g/mol. The van der Waals surface area contributed by atoms with Gasteiger partial charge >= 0.3 is 0 Å². The predicted molar refractivity (Wildman–Crippen MR) is 75.4 cm³/mol. The van der Waals surface area contributed by atoms with E-state index in [9.17, 15) is 0 Å². The molecule has 0 aliphatic rings. The summed E-state index contributed by atoms with van der Waals surface area (Å²) in [4.78, 5) is 7.10. The van der Waals surface area contributed by atoms with E-state index in [1.165, 1.54) is 5.52 Å². The Balaban J connectivity index is 2.38. The van der Waals surface area contributed by atoms with Crippen LogP contribution in [-0.4, -0.2) is 34.1 Å². The van der Waals surface area contributed by atoms with Crippen molar-refractivity contribution in [2.75, 3.05) is 19.6 Å². The zero-order valence-electron chi connectivity index (χ0n) is 11.3. The number of nitrogens with two attached hydrogens (primary N) is 1. The van der Waals surface area contributed by atoms with Gasteiger partial charge in [-0.25, -0.2) is 4.98 Å². The molecule has 0 saturated carbocycles. The van der Waals surface area contributed by atoms with Gasteiger partial charge in [-0.2, -0.15) is 0 Å². The van der Waals surface area contributed by atoms with Crippen molar-refractivity contribution in [2.24, 2.45) is 5.73 Å². The third-order valence-electron chi connectivity index (χ3n) is 3.35. The summed E-state index contributed by atoms with van der Waals surface area (Å²) in [6.07, 6.45) is 0. The van der Waals surface area contributed by atoms with Crippen LogP contribution >= 0.6 is 0 Å². The molecule has 1 aromatic heterocycles. The molecule has 0 spiro atoms. The van der Waals surface area contributed by atoms with Crippen LogP contribution in [0, 0.1) is 0 Å². The topological polar surface area (TPSA) is 47.1 Å². The van der Waals surface area contributed by atoms with Crippen LogP contribution in [-0.2, 0) is 13.1 Å². The van der Waals surface area contributed by atoms with E-state index < -0.39 is 0 Å². The van der Waals surface area contributed by atoms with Crippen LogP contribution in [0.25, 0.3) is 11.0 Å². The highest BCUT2D eigenvalue weighted by molar-refractivity contribution is 5.75. The molecule has 0 radical (unpaired) electrons. The summed E-state index contributed by atoms with van der Waals surface area (Å²) in [6, 6.07) is 8.26. The van der Waals surface area contributed by atoms with Crippen molar-refractivity contribution < 1.29 is 0 Å². The quantitative estimate of drug-likeness (QED) is 0.846. The molecule has 1 aromatic carbocycles. The molecule has 18 heavy (non-hydrogen) atoms. The second kappa shape index (κ2) is 5.98. The molecule has 0 amide bonds. The molecule has 0 bridgehead atoms. The van der Waals surface area contributed by atoms with Gasteiger partial charge in [0.25, 0.3) is 0 Å². The number of para-hydroxylation sites is 2. The van der Waals surface area contributed by atoms with Gasteiger partial charge in [0.15, 0.2) is 0 Å². The van der Waals surface area contributed by atoms with E-state index in [-0.39, 0.29) is 0 Å². The average Bonchev–Trinajstić information content (AvgIpc) is 2.75. The molecule has 0 aliphatic heterocycles. The van der Waals surface area contributed by atoms with Crippen molar-refractivity contribution in [2.45, 2.75) is 26.9 Å². The summed E-state index contributed by atoms with van der Waals surface area (Å²) in [6.45, 7) is 8.81. The first-order chi connectivity index (χ1) is 8.80. The lowest BCUT2D eigenvalue weighted by molar-refractivity contribution is 0.284. The third kappa shape index (κ3) is 2.54. The molecule has 0 saturated heterocycles. The molecule has 98 valence electrons. The van der Waals surface area contributed by atoms with E-state index in [0.29, 0.717) is 6.54 Å². The summed E-state index contributed by atoms with van der Waals surface area (Å²) in [5, 5.41) is 0. The summed E-state index contributed by atoms with van der Waals surface area (Å²) >= 11 is 0. The van der Waals surface area contributed by atoms with E-state index in [1.807, 2.05) is 6.07 Å². The molecule has 0 aliphatic carbocycles. The maximum absolute atomic E-state index is 5.71. The number of hydrogen-bond acceptors (Lipinski definition) is 3. The highest BCUT2D eigenvalue weighted by atomic mass is 15.2. The van der Waals surface area contributed by atoms with Gasteiger partial charge in [-0.05, 0) is 25.2 Å². The fourth-order valence-electron chi connectivity index (χ4n) is 2.27. The van der Waals surface area contributed by atoms with Gasteiger partial charge in [0.1, 0.15) is 5.82 Å². The lowest BCUT2D eigenvalue weighted by Gasteiger charge is -2.18. The van der Waals surface area contributed by atoms with Crippen LogP contribution in [0.4, 0.5) is 0 Å². The highest BCUT2D eigenvalue weighted by Gasteiger charge is 2.11. The third-order valence-corrected chi connectivity index (χ3v) is 3.35. The maximum Gasteiger partial charge on any atom is 0.124 e. The first-order valence-electron chi connectivity index (χ1n) is 6.66.